The average Bonchev–Trinajstić information content (AvgIpc) is 2.79. The molecular formula is C73H124O12. The van der Waals surface area contributed by atoms with E-state index in [1.807, 2.05) is 18.2 Å². The number of unbranched alkanes of at least 4 members (excludes halogenated alkanes) is 31. The second-order valence-corrected chi connectivity index (χ2v) is 23.4. The summed E-state index contributed by atoms with van der Waals surface area (Å²) in [5.41, 5.74) is 0. The number of carbonyl (C=O) groups is 4. The van der Waals surface area contributed by atoms with Crippen molar-refractivity contribution in [1.29, 1.82) is 0 Å². The average molecular weight is 1190 g/mol. The van der Waals surface area contributed by atoms with Crippen molar-refractivity contribution < 1.29 is 58.2 Å². The van der Waals surface area contributed by atoms with E-state index in [0.29, 0.717) is 25.7 Å². The van der Waals surface area contributed by atoms with Crippen LogP contribution in [0.2, 0.25) is 0 Å². The lowest BCUT2D eigenvalue weighted by molar-refractivity contribution is -0.301. The van der Waals surface area contributed by atoms with Gasteiger partial charge < -0.3 is 39.0 Å². The maximum atomic E-state index is 13.2. The molecule has 0 aromatic rings. The number of aliphatic hydroxyl groups is 2. The number of rotatable bonds is 59. The number of aliphatic carboxylic acids is 1. The van der Waals surface area contributed by atoms with Crippen molar-refractivity contribution in [3.05, 3.63) is 85.1 Å². The highest BCUT2D eigenvalue weighted by Gasteiger charge is 2.50. The van der Waals surface area contributed by atoms with Gasteiger partial charge in [-0.05, 0) is 83.5 Å². The van der Waals surface area contributed by atoms with E-state index < -0.39 is 67.3 Å². The molecule has 1 aliphatic rings. The highest BCUT2D eigenvalue weighted by molar-refractivity contribution is 5.74. The molecule has 0 aliphatic carbocycles. The van der Waals surface area contributed by atoms with Gasteiger partial charge >= 0.3 is 23.9 Å². The summed E-state index contributed by atoms with van der Waals surface area (Å²) in [5, 5.41) is 31.6. The summed E-state index contributed by atoms with van der Waals surface area (Å²) in [6.07, 6.45) is 66.9. The van der Waals surface area contributed by atoms with Gasteiger partial charge in [-0.2, -0.15) is 0 Å². The van der Waals surface area contributed by atoms with Crippen LogP contribution in [0.1, 0.15) is 303 Å². The second kappa shape index (κ2) is 60.2. The Morgan fingerprint density at radius 1 is 0.400 bits per heavy atom. The summed E-state index contributed by atoms with van der Waals surface area (Å²) < 4.78 is 28.5. The lowest BCUT2D eigenvalue weighted by atomic mass is 9.98. The van der Waals surface area contributed by atoms with Crippen LogP contribution in [0, 0.1) is 0 Å². The molecule has 0 saturated carbocycles. The first-order valence-corrected chi connectivity index (χ1v) is 34.6. The molecule has 1 aliphatic heterocycles. The molecule has 3 N–H and O–H groups in total. The van der Waals surface area contributed by atoms with Gasteiger partial charge in [-0.1, -0.05) is 286 Å². The fraction of sp³-hybridized carbons (Fsp3) is 0.753. The summed E-state index contributed by atoms with van der Waals surface area (Å²) in [4.78, 5) is 51.4. The zero-order valence-electron chi connectivity index (χ0n) is 54.1. The zero-order chi connectivity index (χ0) is 61.7. The third-order valence-electron chi connectivity index (χ3n) is 15.5. The van der Waals surface area contributed by atoms with Crippen molar-refractivity contribution in [2.75, 3.05) is 13.2 Å². The van der Waals surface area contributed by atoms with Crippen LogP contribution in [-0.4, -0.2) is 89.2 Å². The highest BCUT2D eigenvalue weighted by Crippen LogP contribution is 2.26. The predicted octanol–water partition coefficient (Wildman–Crippen LogP) is 19.0. The Balaban J connectivity index is 2.68. The summed E-state index contributed by atoms with van der Waals surface area (Å²) >= 11 is 0. The number of hydrogen-bond donors (Lipinski definition) is 3. The van der Waals surface area contributed by atoms with E-state index in [2.05, 4.69) is 87.6 Å². The van der Waals surface area contributed by atoms with E-state index in [-0.39, 0.29) is 25.9 Å². The number of carboxylic acid groups (broad SMARTS) is 1. The first-order valence-electron chi connectivity index (χ1n) is 34.6. The molecule has 0 aromatic carbocycles. The molecule has 0 aromatic heterocycles. The lowest BCUT2D eigenvalue weighted by Crippen LogP contribution is -2.61. The molecular weight excluding hydrogens is 1070 g/mol. The van der Waals surface area contributed by atoms with Crippen molar-refractivity contribution in [2.24, 2.45) is 0 Å². The molecule has 12 heteroatoms. The minimum absolute atomic E-state index is 0.0656. The quantitative estimate of drug-likeness (QED) is 0.0228. The summed E-state index contributed by atoms with van der Waals surface area (Å²) in [7, 11) is 0. The molecule has 488 valence electrons. The molecule has 0 radical (unpaired) electrons. The number of esters is 3. The van der Waals surface area contributed by atoms with E-state index in [1.54, 1.807) is 0 Å². The fourth-order valence-electron chi connectivity index (χ4n) is 10.2. The summed E-state index contributed by atoms with van der Waals surface area (Å²) in [5.74, 6) is -3.21. The van der Waals surface area contributed by atoms with Gasteiger partial charge in [0.25, 0.3) is 0 Å². The molecule has 6 atom stereocenters. The van der Waals surface area contributed by atoms with E-state index in [1.165, 1.54) is 167 Å². The maximum Gasteiger partial charge on any atom is 0.335 e. The van der Waals surface area contributed by atoms with Crippen LogP contribution in [0.4, 0.5) is 0 Å². The predicted molar refractivity (Wildman–Crippen MR) is 349 cm³/mol. The second-order valence-electron chi connectivity index (χ2n) is 23.4. The number of ether oxygens (including phenoxy) is 5. The molecule has 0 spiro atoms. The van der Waals surface area contributed by atoms with Gasteiger partial charge in [0.1, 0.15) is 18.8 Å². The Morgan fingerprint density at radius 2 is 0.765 bits per heavy atom. The van der Waals surface area contributed by atoms with Gasteiger partial charge in [-0.3, -0.25) is 14.4 Å². The van der Waals surface area contributed by atoms with Gasteiger partial charge in [0, 0.05) is 19.3 Å². The highest BCUT2D eigenvalue weighted by atomic mass is 16.7. The molecule has 1 saturated heterocycles. The van der Waals surface area contributed by atoms with Crippen molar-refractivity contribution >= 4 is 23.9 Å². The van der Waals surface area contributed by atoms with E-state index in [0.717, 1.165) is 70.6 Å². The minimum atomic E-state index is -1.93. The first kappa shape index (κ1) is 78.9. The molecule has 85 heavy (non-hydrogen) atoms. The molecule has 6 unspecified atom stereocenters. The van der Waals surface area contributed by atoms with Crippen LogP contribution in [0.25, 0.3) is 0 Å². The van der Waals surface area contributed by atoms with Gasteiger partial charge in [0.05, 0.1) is 6.61 Å². The monoisotopic (exact) mass is 1190 g/mol. The van der Waals surface area contributed by atoms with Crippen molar-refractivity contribution in [2.45, 2.75) is 340 Å². The SMILES string of the molecule is CC/C=C\C/C=C\C/C=C\C/C=C\C/C=C\C/C=C\CCC(=O)OC1C(OCC(COC(=O)CCCCCCCCCCC/C=C\CCCCCCCC)OC(=O)CCCCCCCCCCCCCCCCCCC)OC(C(=O)O)C(O)C1O. The van der Waals surface area contributed by atoms with Gasteiger partial charge in [0.2, 0.25) is 0 Å². The topological polar surface area (TPSA) is 175 Å². The normalized spacial score (nSPS) is 18.0. The Kier molecular flexibility index (Phi) is 55.9. The molecule has 1 heterocycles. The van der Waals surface area contributed by atoms with Crippen molar-refractivity contribution in [3.8, 4) is 0 Å². The van der Waals surface area contributed by atoms with Crippen LogP contribution in [-0.2, 0) is 42.9 Å². The Hall–Kier alpha value is -4.10. The van der Waals surface area contributed by atoms with Gasteiger partial charge in [-0.15, -0.1) is 0 Å². The van der Waals surface area contributed by atoms with Crippen LogP contribution in [0.5, 0.6) is 0 Å². The van der Waals surface area contributed by atoms with E-state index in [9.17, 15) is 34.5 Å². The van der Waals surface area contributed by atoms with Crippen LogP contribution >= 0.6 is 0 Å². The molecule has 1 fully saturated rings. The van der Waals surface area contributed by atoms with Crippen LogP contribution in [0.3, 0.4) is 0 Å². The van der Waals surface area contributed by atoms with Crippen LogP contribution < -0.4 is 0 Å². The number of allylic oxidation sites excluding steroid dienone is 14. The third kappa shape index (κ3) is 49.6. The van der Waals surface area contributed by atoms with Gasteiger partial charge in [0.15, 0.2) is 24.6 Å². The smallest absolute Gasteiger partial charge is 0.335 e. The van der Waals surface area contributed by atoms with Crippen molar-refractivity contribution in [1.82, 2.24) is 0 Å². The zero-order valence-corrected chi connectivity index (χ0v) is 54.1. The standard InChI is InChI=1S/C73H124O12/c1-4-7-10-13-16-19-22-25-28-31-33-36-38-41-44-47-50-53-56-59-65(74)81-62-64(83-66(75)60-57-54-51-48-45-42-39-35-30-27-24-21-18-15-12-9-6-3)63-82-73-71(69(78)68(77)70(85-73)72(79)80)84-67(76)61-58-55-52-49-46-43-40-37-34-32-29-26-23-20-17-14-11-8-5-2/h8,11,17,20,25-26,28-29,34,37,43,46,52,55,64,68-71,73,77-78H,4-7,9-10,12-16,18-19,21-24,27,30-33,35-36,38-42,44-45,47-51,53-54,56-63H2,1-3H3,(H,79,80)/b11-8-,20-17-,28-25-,29-26-,37-34-,46-43-,55-52-. The largest absolute Gasteiger partial charge is 0.479 e. The molecule has 1 rings (SSSR count). The fourth-order valence-corrected chi connectivity index (χ4v) is 10.2. The number of carboxylic acids is 1. The summed E-state index contributed by atoms with van der Waals surface area (Å²) in [6, 6.07) is 0. The van der Waals surface area contributed by atoms with Crippen LogP contribution in [0.15, 0.2) is 85.1 Å². The molecule has 12 nitrogen and oxygen atoms in total. The van der Waals surface area contributed by atoms with Crippen molar-refractivity contribution in [3.63, 3.8) is 0 Å². The number of aliphatic hydroxyl groups excluding tert-OH is 2. The third-order valence-corrected chi connectivity index (χ3v) is 15.5. The molecule has 0 bridgehead atoms. The van der Waals surface area contributed by atoms with E-state index in [4.69, 9.17) is 23.7 Å². The maximum absolute atomic E-state index is 13.2. The lowest BCUT2D eigenvalue weighted by Gasteiger charge is -2.40. The summed E-state index contributed by atoms with van der Waals surface area (Å²) in [6.45, 7) is 5.90. The first-order chi connectivity index (χ1) is 41.6. The minimum Gasteiger partial charge on any atom is -0.479 e. The Bertz CT molecular complexity index is 1800. The Labute approximate surface area is 518 Å². The molecule has 0 amide bonds. The number of carbonyl (C=O) groups excluding carboxylic acids is 3. The van der Waals surface area contributed by atoms with Gasteiger partial charge in [-0.25, -0.2) is 4.79 Å². The number of hydrogen-bond acceptors (Lipinski definition) is 11. The van der Waals surface area contributed by atoms with E-state index >= 15 is 0 Å². The Morgan fingerprint density at radius 3 is 1.18 bits per heavy atom.